The van der Waals surface area contributed by atoms with Crippen molar-refractivity contribution in [3.05, 3.63) is 72.2 Å². The van der Waals surface area contributed by atoms with Gasteiger partial charge in [-0.3, -0.25) is 10.1 Å². The topological polar surface area (TPSA) is 104 Å². The molecule has 0 spiro atoms. The number of hydrogen-bond donors (Lipinski definition) is 1. The van der Waals surface area contributed by atoms with E-state index in [1.165, 1.54) is 11.8 Å². The Balaban J connectivity index is 1.47. The average Bonchev–Trinajstić information content (AvgIpc) is 3.46. The zero-order valence-electron chi connectivity index (χ0n) is 19.8. The molecule has 2 aromatic heterocycles. The number of ether oxygens (including phenoxy) is 2. The third kappa shape index (κ3) is 6.28. The second-order valence-electron chi connectivity index (χ2n) is 7.78. The number of para-hydroxylation sites is 1. The van der Waals surface area contributed by atoms with Crippen molar-refractivity contribution in [2.24, 2.45) is 0 Å². The van der Waals surface area contributed by atoms with Crippen LogP contribution >= 0.6 is 11.8 Å². The largest absolute Gasteiger partial charge is 0.485 e. The van der Waals surface area contributed by atoms with Crippen LogP contribution in [0.25, 0.3) is 11.1 Å². The number of carbonyl (C=O) groups is 1. The van der Waals surface area contributed by atoms with Crippen molar-refractivity contribution in [3.8, 4) is 16.9 Å². The molecule has 35 heavy (non-hydrogen) atoms. The fourth-order valence-corrected chi connectivity index (χ4v) is 4.26. The van der Waals surface area contributed by atoms with Crippen LogP contribution < -0.4 is 10.1 Å². The standard InChI is InChI=1S/C25H27N5O4S/c1-17-15-23(34-29-17)26-24(31)18(2)35-25-28-27-22(30(25)13-14-32-3)16-33-21-12-8-7-11-20(21)19-9-5-4-6-10-19/h4-12,15,18H,13-14,16H2,1-3H3,(H,26,31). The summed E-state index contributed by atoms with van der Waals surface area (Å²) in [6.45, 7) is 4.80. The van der Waals surface area contributed by atoms with Gasteiger partial charge in [0.15, 0.2) is 11.0 Å². The molecule has 1 atom stereocenters. The predicted octanol–water partition coefficient (Wildman–Crippen LogP) is 4.59. The third-order valence-electron chi connectivity index (χ3n) is 5.17. The molecule has 0 bridgehead atoms. The quantitative estimate of drug-likeness (QED) is 0.303. The Kier molecular flexibility index (Phi) is 8.17. The molecule has 10 heteroatoms. The molecule has 0 aliphatic carbocycles. The van der Waals surface area contributed by atoms with Gasteiger partial charge in [0.2, 0.25) is 11.8 Å². The first kappa shape index (κ1) is 24.5. The molecule has 9 nitrogen and oxygen atoms in total. The van der Waals surface area contributed by atoms with Crippen LogP contribution in [0.3, 0.4) is 0 Å². The van der Waals surface area contributed by atoms with Gasteiger partial charge in [0.25, 0.3) is 0 Å². The molecule has 2 aromatic carbocycles. The molecule has 0 aliphatic rings. The number of hydrogen-bond acceptors (Lipinski definition) is 8. The Labute approximate surface area is 207 Å². The lowest BCUT2D eigenvalue weighted by atomic mass is 10.1. The maximum Gasteiger partial charge on any atom is 0.240 e. The molecule has 1 unspecified atom stereocenters. The van der Waals surface area contributed by atoms with Crippen LogP contribution in [0.15, 0.2) is 70.3 Å². The summed E-state index contributed by atoms with van der Waals surface area (Å²) in [6.07, 6.45) is 0. The SMILES string of the molecule is COCCn1c(COc2ccccc2-c2ccccc2)nnc1SC(C)C(=O)Nc1cc(C)no1. The molecule has 2 heterocycles. The number of benzene rings is 2. The van der Waals surface area contributed by atoms with Crippen LogP contribution in [0.4, 0.5) is 5.88 Å². The van der Waals surface area contributed by atoms with Gasteiger partial charge in [-0.25, -0.2) is 0 Å². The van der Waals surface area contributed by atoms with Crippen molar-refractivity contribution < 1.29 is 18.8 Å². The minimum Gasteiger partial charge on any atom is -0.485 e. The van der Waals surface area contributed by atoms with Gasteiger partial charge < -0.3 is 18.6 Å². The molecular weight excluding hydrogens is 466 g/mol. The highest BCUT2D eigenvalue weighted by molar-refractivity contribution is 8.00. The number of nitrogens with zero attached hydrogens (tertiary/aromatic N) is 4. The monoisotopic (exact) mass is 493 g/mol. The summed E-state index contributed by atoms with van der Waals surface area (Å²) in [5, 5.41) is 15.3. The summed E-state index contributed by atoms with van der Waals surface area (Å²) in [6, 6.07) is 19.6. The van der Waals surface area contributed by atoms with E-state index in [-0.39, 0.29) is 12.5 Å². The Bertz CT molecular complexity index is 1260. The van der Waals surface area contributed by atoms with Gasteiger partial charge in [0, 0.05) is 25.3 Å². The van der Waals surface area contributed by atoms with E-state index in [0.717, 1.165) is 16.9 Å². The summed E-state index contributed by atoms with van der Waals surface area (Å²) in [7, 11) is 1.64. The lowest BCUT2D eigenvalue weighted by Gasteiger charge is -2.14. The molecule has 0 saturated heterocycles. The van der Waals surface area contributed by atoms with E-state index in [1.807, 2.05) is 59.2 Å². The number of anilines is 1. The van der Waals surface area contributed by atoms with Gasteiger partial charge in [-0.1, -0.05) is 65.4 Å². The Morgan fingerprint density at radius 2 is 1.91 bits per heavy atom. The number of aryl methyl sites for hydroxylation is 1. The summed E-state index contributed by atoms with van der Waals surface area (Å²) in [4.78, 5) is 12.6. The van der Waals surface area contributed by atoms with Crippen LogP contribution in [0.5, 0.6) is 5.75 Å². The Morgan fingerprint density at radius 1 is 1.14 bits per heavy atom. The van der Waals surface area contributed by atoms with Crippen molar-refractivity contribution in [2.45, 2.75) is 37.4 Å². The highest BCUT2D eigenvalue weighted by Gasteiger charge is 2.22. The second-order valence-corrected chi connectivity index (χ2v) is 9.08. The van der Waals surface area contributed by atoms with E-state index in [4.69, 9.17) is 14.0 Å². The van der Waals surface area contributed by atoms with Gasteiger partial charge in [-0.2, -0.15) is 0 Å². The summed E-state index contributed by atoms with van der Waals surface area (Å²) >= 11 is 1.30. The lowest BCUT2D eigenvalue weighted by Crippen LogP contribution is -2.23. The van der Waals surface area contributed by atoms with Crippen LogP contribution in [0, 0.1) is 6.92 Å². The van der Waals surface area contributed by atoms with Gasteiger partial charge in [0.1, 0.15) is 12.4 Å². The Morgan fingerprint density at radius 3 is 2.66 bits per heavy atom. The maximum absolute atomic E-state index is 12.6. The number of rotatable bonds is 11. The smallest absolute Gasteiger partial charge is 0.240 e. The molecule has 4 aromatic rings. The highest BCUT2D eigenvalue weighted by Crippen LogP contribution is 2.30. The summed E-state index contributed by atoms with van der Waals surface area (Å²) in [5.74, 6) is 1.49. The molecule has 182 valence electrons. The zero-order chi connectivity index (χ0) is 24.6. The van der Waals surface area contributed by atoms with Crippen molar-refractivity contribution in [1.82, 2.24) is 19.9 Å². The number of aromatic nitrogens is 4. The first-order chi connectivity index (χ1) is 17.0. The van der Waals surface area contributed by atoms with E-state index in [0.29, 0.717) is 35.7 Å². The molecule has 1 amide bonds. The zero-order valence-corrected chi connectivity index (χ0v) is 20.6. The van der Waals surface area contributed by atoms with Crippen molar-refractivity contribution in [1.29, 1.82) is 0 Å². The number of thioether (sulfide) groups is 1. The van der Waals surface area contributed by atoms with E-state index < -0.39 is 5.25 Å². The van der Waals surface area contributed by atoms with Crippen LogP contribution in [0.1, 0.15) is 18.4 Å². The number of methoxy groups -OCH3 is 1. The van der Waals surface area contributed by atoms with E-state index in [2.05, 4.69) is 20.7 Å². The van der Waals surface area contributed by atoms with Gasteiger partial charge in [-0.15, -0.1) is 10.2 Å². The minimum absolute atomic E-state index is 0.220. The first-order valence-corrected chi connectivity index (χ1v) is 12.0. The van der Waals surface area contributed by atoms with Crippen LogP contribution in [-0.2, 0) is 22.7 Å². The van der Waals surface area contributed by atoms with E-state index in [9.17, 15) is 4.79 Å². The molecule has 4 rings (SSSR count). The van der Waals surface area contributed by atoms with E-state index >= 15 is 0 Å². The third-order valence-corrected chi connectivity index (χ3v) is 6.25. The van der Waals surface area contributed by atoms with Gasteiger partial charge in [0.05, 0.1) is 17.6 Å². The fraction of sp³-hybridized carbons (Fsp3) is 0.280. The molecule has 0 radical (unpaired) electrons. The molecule has 0 aliphatic heterocycles. The molecule has 1 N–H and O–H groups in total. The number of carbonyl (C=O) groups excluding carboxylic acids is 1. The van der Waals surface area contributed by atoms with Gasteiger partial charge in [-0.05, 0) is 25.5 Å². The number of nitrogens with one attached hydrogen (secondary N) is 1. The summed E-state index contributed by atoms with van der Waals surface area (Å²) < 4.78 is 18.4. The normalized spacial score (nSPS) is 11.9. The predicted molar refractivity (Wildman–Crippen MR) is 133 cm³/mol. The van der Waals surface area contributed by atoms with Crippen LogP contribution in [0.2, 0.25) is 0 Å². The van der Waals surface area contributed by atoms with Crippen molar-refractivity contribution in [2.75, 3.05) is 19.0 Å². The number of amides is 1. The summed E-state index contributed by atoms with van der Waals surface area (Å²) in [5.41, 5.74) is 2.76. The Hall–Kier alpha value is -3.63. The minimum atomic E-state index is -0.446. The average molecular weight is 494 g/mol. The van der Waals surface area contributed by atoms with E-state index in [1.54, 1.807) is 27.0 Å². The lowest BCUT2D eigenvalue weighted by molar-refractivity contribution is -0.115. The van der Waals surface area contributed by atoms with Gasteiger partial charge >= 0.3 is 0 Å². The first-order valence-electron chi connectivity index (χ1n) is 11.1. The van der Waals surface area contributed by atoms with Crippen molar-refractivity contribution in [3.63, 3.8) is 0 Å². The molecule has 0 saturated carbocycles. The highest BCUT2D eigenvalue weighted by atomic mass is 32.2. The molecule has 0 fully saturated rings. The molecular formula is C25H27N5O4S. The fourth-order valence-electron chi connectivity index (χ4n) is 3.37. The maximum atomic E-state index is 12.6. The van der Waals surface area contributed by atoms with Crippen molar-refractivity contribution >= 4 is 23.6 Å². The van der Waals surface area contributed by atoms with Crippen LogP contribution in [-0.4, -0.2) is 44.8 Å². The second kappa shape index (κ2) is 11.7.